The summed E-state index contributed by atoms with van der Waals surface area (Å²) in [7, 11) is 0. The van der Waals surface area contributed by atoms with E-state index in [1.165, 1.54) is 0 Å². The van der Waals surface area contributed by atoms with Gasteiger partial charge in [0.25, 0.3) is 0 Å². The third-order valence-electron chi connectivity index (χ3n) is 7.19. The van der Waals surface area contributed by atoms with Crippen LogP contribution in [-0.4, -0.2) is 33.3 Å². The van der Waals surface area contributed by atoms with E-state index < -0.39 is 46.6 Å². The maximum Gasteiger partial charge on any atom is 0.303 e. The first-order chi connectivity index (χ1) is 21.6. The lowest BCUT2D eigenvalue weighted by molar-refractivity contribution is -0.138. The molecule has 0 fully saturated rings. The molecule has 0 saturated carbocycles. The van der Waals surface area contributed by atoms with Crippen LogP contribution in [0.5, 0.6) is 5.75 Å². The highest BCUT2D eigenvalue weighted by Crippen LogP contribution is 2.27. The van der Waals surface area contributed by atoms with Crippen LogP contribution in [0.15, 0.2) is 48.7 Å². The van der Waals surface area contributed by atoms with Gasteiger partial charge in [-0.1, -0.05) is 24.0 Å². The molecule has 0 aliphatic carbocycles. The number of ether oxygens (including phenoxy) is 1. The van der Waals surface area contributed by atoms with Gasteiger partial charge in [0.15, 0.2) is 23.3 Å². The van der Waals surface area contributed by atoms with E-state index in [1.54, 1.807) is 24.3 Å². The Kier molecular flexibility index (Phi) is 11.2. The molecule has 45 heavy (non-hydrogen) atoms. The average molecular weight is 628 g/mol. The van der Waals surface area contributed by atoms with Gasteiger partial charge in [-0.3, -0.25) is 9.59 Å². The van der Waals surface area contributed by atoms with Gasteiger partial charge < -0.3 is 19.5 Å². The van der Waals surface area contributed by atoms with Crippen LogP contribution < -0.4 is 4.74 Å². The third kappa shape index (κ3) is 8.41. The molecule has 0 aliphatic heterocycles. The molecule has 1 heterocycles. The van der Waals surface area contributed by atoms with Crippen molar-refractivity contribution in [2.75, 3.05) is 6.61 Å². The molecular formula is C34H30F5NO5. The van der Waals surface area contributed by atoms with E-state index >= 15 is 0 Å². The highest BCUT2D eigenvalue weighted by atomic mass is 19.2. The molecule has 0 spiro atoms. The largest absolute Gasteiger partial charge is 0.494 e. The van der Waals surface area contributed by atoms with E-state index in [0.717, 1.165) is 22.0 Å². The number of carbonyl (C=O) groups is 2. The summed E-state index contributed by atoms with van der Waals surface area (Å²) in [5.74, 6) is -4.66. The highest BCUT2D eigenvalue weighted by Gasteiger charge is 2.25. The van der Waals surface area contributed by atoms with Crippen molar-refractivity contribution in [2.24, 2.45) is 0 Å². The lowest BCUT2D eigenvalue weighted by Crippen LogP contribution is -2.08. The number of fused-ring (bicyclic) bond motifs is 1. The van der Waals surface area contributed by atoms with E-state index in [9.17, 15) is 31.5 Å². The molecule has 0 aliphatic rings. The molecule has 4 aromatic rings. The molecule has 236 valence electrons. The van der Waals surface area contributed by atoms with Gasteiger partial charge in [0.05, 0.1) is 12.1 Å². The first-order valence-electron chi connectivity index (χ1n) is 14.4. The molecule has 6 nitrogen and oxygen atoms in total. The van der Waals surface area contributed by atoms with Gasteiger partial charge in [0, 0.05) is 47.7 Å². The van der Waals surface area contributed by atoms with Crippen molar-refractivity contribution in [3.8, 4) is 17.6 Å². The Labute approximate surface area is 256 Å². The molecule has 0 unspecified atom stereocenters. The van der Waals surface area contributed by atoms with Crippen molar-refractivity contribution >= 4 is 22.8 Å². The maximum atomic E-state index is 13.8. The Hall–Kier alpha value is -4.85. The molecule has 0 amide bonds. The summed E-state index contributed by atoms with van der Waals surface area (Å²) in [6.07, 6.45) is 3.59. The molecule has 2 N–H and O–H groups in total. The minimum Gasteiger partial charge on any atom is -0.494 e. The average Bonchev–Trinajstić information content (AvgIpc) is 3.37. The van der Waals surface area contributed by atoms with Crippen molar-refractivity contribution in [3.63, 3.8) is 0 Å². The summed E-state index contributed by atoms with van der Waals surface area (Å²) in [5, 5.41) is 19.0. The number of unbranched alkanes of at least 4 members (excludes halogenated alkanes) is 1. The van der Waals surface area contributed by atoms with Gasteiger partial charge in [0.1, 0.15) is 5.75 Å². The standard InChI is InChI=1S/C34H30F5NO5/c35-29-26(30(36)32(38)33(39)31(29)37)8-1-2-19-45-24-16-13-21(14-17-24)12-15-22-6-3-9-25-23(7-4-10-27(41)42)20-40(34(22)25)18-5-11-28(43)44/h3,6,9,13-14,16-17,20H,1-2,4-5,7-8,10-11,18-19H2,(H,41,42)(H,43,44). The molecular weight excluding hydrogens is 597 g/mol. The first kappa shape index (κ1) is 33.1. The lowest BCUT2D eigenvalue weighted by Gasteiger charge is -2.09. The number of aryl methyl sites for hydroxylation is 2. The second-order valence-electron chi connectivity index (χ2n) is 10.4. The first-order valence-corrected chi connectivity index (χ1v) is 14.4. The molecule has 1 aromatic heterocycles. The zero-order chi connectivity index (χ0) is 32.5. The second-order valence-corrected chi connectivity index (χ2v) is 10.4. The molecule has 4 rings (SSSR count). The van der Waals surface area contributed by atoms with Crippen LogP contribution in [0, 0.1) is 40.9 Å². The molecule has 3 aromatic carbocycles. The van der Waals surface area contributed by atoms with Crippen LogP contribution in [-0.2, 0) is 29.0 Å². The number of hydrogen-bond acceptors (Lipinski definition) is 3. The molecule has 0 atom stereocenters. The number of benzene rings is 3. The predicted molar refractivity (Wildman–Crippen MR) is 156 cm³/mol. The van der Waals surface area contributed by atoms with Crippen molar-refractivity contribution < 1.29 is 46.5 Å². The summed E-state index contributed by atoms with van der Waals surface area (Å²) >= 11 is 0. The van der Waals surface area contributed by atoms with Crippen molar-refractivity contribution in [1.82, 2.24) is 4.57 Å². The van der Waals surface area contributed by atoms with Crippen LogP contribution in [0.4, 0.5) is 22.0 Å². The number of para-hydroxylation sites is 1. The topological polar surface area (TPSA) is 88.8 Å². The Balaban J connectivity index is 1.40. The van der Waals surface area contributed by atoms with Crippen molar-refractivity contribution in [3.05, 3.63) is 100 Å². The number of halogens is 5. The van der Waals surface area contributed by atoms with E-state index in [2.05, 4.69) is 11.8 Å². The molecule has 0 radical (unpaired) electrons. The van der Waals surface area contributed by atoms with E-state index in [1.807, 2.05) is 29.0 Å². The lowest BCUT2D eigenvalue weighted by atomic mass is 10.0. The number of carboxylic acid groups (broad SMARTS) is 2. The van der Waals surface area contributed by atoms with E-state index in [0.29, 0.717) is 43.5 Å². The Morgan fingerprint density at radius 3 is 2.04 bits per heavy atom. The van der Waals surface area contributed by atoms with Crippen LogP contribution >= 0.6 is 0 Å². The summed E-state index contributed by atoms with van der Waals surface area (Å²) in [6.45, 7) is 0.629. The molecule has 11 heteroatoms. The van der Waals surface area contributed by atoms with Crippen LogP contribution in [0.1, 0.15) is 60.8 Å². The molecule has 0 bridgehead atoms. The van der Waals surface area contributed by atoms with Crippen LogP contribution in [0.25, 0.3) is 10.9 Å². The summed E-state index contributed by atoms with van der Waals surface area (Å²) in [5.41, 5.74) is 2.41. The predicted octanol–water partition coefficient (Wildman–Crippen LogP) is 7.41. The van der Waals surface area contributed by atoms with Crippen LogP contribution in [0.2, 0.25) is 0 Å². The van der Waals surface area contributed by atoms with Gasteiger partial charge in [-0.25, -0.2) is 22.0 Å². The summed E-state index contributed by atoms with van der Waals surface area (Å²) in [4.78, 5) is 22.0. The SMILES string of the molecule is O=C(O)CCCc1cn(CCCC(=O)O)c2c(C#Cc3ccc(OCCCCc4c(F)c(F)c(F)c(F)c4F)cc3)cccc12. The zero-order valence-electron chi connectivity index (χ0n) is 24.1. The zero-order valence-corrected chi connectivity index (χ0v) is 24.1. The Morgan fingerprint density at radius 2 is 1.38 bits per heavy atom. The van der Waals surface area contributed by atoms with Crippen molar-refractivity contribution in [1.29, 1.82) is 0 Å². The summed E-state index contributed by atoms with van der Waals surface area (Å²) in [6, 6.07) is 12.6. The van der Waals surface area contributed by atoms with E-state index in [4.69, 9.17) is 14.9 Å². The van der Waals surface area contributed by atoms with Gasteiger partial charge in [-0.05, 0) is 74.4 Å². The quantitative estimate of drug-likeness (QED) is 0.0500. The van der Waals surface area contributed by atoms with Crippen molar-refractivity contribution in [2.45, 2.75) is 57.9 Å². The second kappa shape index (κ2) is 15.2. The van der Waals surface area contributed by atoms with E-state index in [-0.39, 0.29) is 32.3 Å². The smallest absolute Gasteiger partial charge is 0.303 e. The number of rotatable bonds is 14. The highest BCUT2D eigenvalue weighted by molar-refractivity contribution is 5.89. The number of aromatic nitrogens is 1. The number of nitrogens with zero attached hydrogens (tertiary/aromatic N) is 1. The summed E-state index contributed by atoms with van der Waals surface area (Å²) < 4.78 is 75.2. The Bertz CT molecular complexity index is 1730. The van der Waals surface area contributed by atoms with Gasteiger partial charge >= 0.3 is 11.9 Å². The Morgan fingerprint density at radius 1 is 0.733 bits per heavy atom. The van der Waals surface area contributed by atoms with Crippen LogP contribution in [0.3, 0.4) is 0 Å². The normalized spacial score (nSPS) is 11.0. The number of carboxylic acids is 2. The fourth-order valence-corrected chi connectivity index (χ4v) is 4.98. The monoisotopic (exact) mass is 627 g/mol. The fourth-order valence-electron chi connectivity index (χ4n) is 4.98. The number of hydrogen-bond donors (Lipinski definition) is 2. The molecule has 0 saturated heterocycles. The van der Waals surface area contributed by atoms with Gasteiger partial charge in [0.2, 0.25) is 5.82 Å². The number of aliphatic carboxylic acids is 2. The minimum absolute atomic E-state index is 0.0155. The minimum atomic E-state index is -2.18. The third-order valence-corrected chi connectivity index (χ3v) is 7.19. The fraction of sp³-hybridized carbons (Fsp3) is 0.294. The van der Waals surface area contributed by atoms with Gasteiger partial charge in [-0.2, -0.15) is 0 Å². The van der Waals surface area contributed by atoms with Gasteiger partial charge in [-0.15, -0.1) is 0 Å². The maximum absolute atomic E-state index is 13.8.